The van der Waals surface area contributed by atoms with Crippen LogP contribution in [0.25, 0.3) is 0 Å². The van der Waals surface area contributed by atoms with Crippen molar-refractivity contribution in [2.24, 2.45) is 11.8 Å². The van der Waals surface area contributed by atoms with E-state index < -0.39 is 0 Å². The molecule has 1 atom stereocenters. The molecule has 0 unspecified atom stereocenters. The number of nitrogens with zero attached hydrogens (tertiary/aromatic N) is 2. The van der Waals surface area contributed by atoms with Gasteiger partial charge in [-0.15, -0.1) is 0 Å². The van der Waals surface area contributed by atoms with Crippen LogP contribution in [-0.2, 0) is 4.79 Å². The third-order valence-corrected chi connectivity index (χ3v) is 5.95. The number of benzene rings is 1. The molecule has 1 heterocycles. The summed E-state index contributed by atoms with van der Waals surface area (Å²) in [5, 5.41) is 0. The minimum absolute atomic E-state index is 0.00178. The smallest absolute Gasteiger partial charge is 0.257 e. The minimum Gasteiger partial charge on any atom is -0.491 e. The molecule has 0 N–H and O–H groups in total. The van der Waals surface area contributed by atoms with Crippen molar-refractivity contribution < 1.29 is 14.3 Å². The second-order valence-electron chi connectivity index (χ2n) is 9.11. The van der Waals surface area contributed by atoms with E-state index in [-0.39, 0.29) is 17.9 Å². The number of hydrogen-bond donors (Lipinski definition) is 0. The van der Waals surface area contributed by atoms with Crippen LogP contribution >= 0.6 is 0 Å². The Morgan fingerprint density at radius 2 is 1.86 bits per heavy atom. The van der Waals surface area contributed by atoms with Gasteiger partial charge in [0, 0.05) is 26.6 Å². The van der Waals surface area contributed by atoms with Gasteiger partial charge in [-0.05, 0) is 62.5 Å². The lowest BCUT2D eigenvalue weighted by molar-refractivity contribution is -0.135. The fourth-order valence-corrected chi connectivity index (χ4v) is 4.10. The van der Waals surface area contributed by atoms with Gasteiger partial charge >= 0.3 is 0 Å². The van der Waals surface area contributed by atoms with E-state index in [1.807, 2.05) is 31.3 Å². The van der Waals surface area contributed by atoms with E-state index in [2.05, 4.69) is 18.7 Å². The highest BCUT2D eigenvalue weighted by atomic mass is 16.5. The van der Waals surface area contributed by atoms with Gasteiger partial charge < -0.3 is 14.5 Å². The third kappa shape index (κ3) is 6.22. The van der Waals surface area contributed by atoms with Gasteiger partial charge in [0.25, 0.3) is 5.91 Å². The number of rotatable bonds is 4. The Balaban J connectivity index is 1.84. The molecule has 2 amide bonds. The molecule has 1 saturated carbocycles. The molecule has 1 fully saturated rings. The van der Waals surface area contributed by atoms with Gasteiger partial charge in [-0.3, -0.25) is 9.59 Å². The standard InChI is InChI=1S/C24H36N2O3/c1-18(2)15-20-17-29-22-10-6-5-9-21(22)24(28)25(3)13-7-4-8-14-26(20)23(27)16-19-11-12-19/h5-6,9-10,18-20H,4,7-8,11-17H2,1-3H3/t20-/m0/s1. The minimum atomic E-state index is 0.00178. The van der Waals surface area contributed by atoms with Crippen LogP contribution < -0.4 is 4.74 Å². The summed E-state index contributed by atoms with van der Waals surface area (Å²) in [6.07, 6.45) is 6.89. The first-order valence-electron chi connectivity index (χ1n) is 11.2. The highest BCUT2D eigenvalue weighted by Gasteiger charge is 2.31. The topological polar surface area (TPSA) is 49.9 Å². The van der Waals surface area contributed by atoms with Crippen LogP contribution in [0.4, 0.5) is 0 Å². The maximum absolute atomic E-state index is 13.1. The average Bonchev–Trinajstić information content (AvgIpc) is 3.50. The maximum Gasteiger partial charge on any atom is 0.257 e. The van der Waals surface area contributed by atoms with E-state index in [1.165, 1.54) is 12.8 Å². The Labute approximate surface area is 175 Å². The molecular weight excluding hydrogens is 364 g/mol. The van der Waals surface area contributed by atoms with E-state index in [1.54, 1.807) is 4.90 Å². The van der Waals surface area contributed by atoms with Crippen LogP contribution in [0, 0.1) is 11.8 Å². The van der Waals surface area contributed by atoms with E-state index in [0.29, 0.717) is 36.2 Å². The summed E-state index contributed by atoms with van der Waals surface area (Å²) < 4.78 is 6.19. The lowest BCUT2D eigenvalue weighted by Crippen LogP contribution is -2.45. The highest BCUT2D eigenvalue weighted by Crippen LogP contribution is 2.33. The molecular formula is C24H36N2O3. The monoisotopic (exact) mass is 400 g/mol. The summed E-state index contributed by atoms with van der Waals surface area (Å²) in [5.74, 6) is 1.95. The zero-order chi connectivity index (χ0) is 20.8. The number of carbonyl (C=O) groups excluding carboxylic acids is 2. The molecule has 1 aromatic rings. The molecule has 3 rings (SSSR count). The van der Waals surface area contributed by atoms with E-state index >= 15 is 0 Å². The third-order valence-electron chi connectivity index (χ3n) is 5.95. The van der Waals surface area contributed by atoms with Crippen molar-refractivity contribution in [2.45, 2.75) is 64.8 Å². The Kier molecular flexibility index (Phi) is 7.57. The second kappa shape index (κ2) is 10.1. The van der Waals surface area contributed by atoms with Crippen molar-refractivity contribution in [2.75, 3.05) is 26.7 Å². The zero-order valence-corrected chi connectivity index (χ0v) is 18.2. The van der Waals surface area contributed by atoms with Crippen molar-refractivity contribution >= 4 is 11.8 Å². The number of amides is 2. The first kappa shape index (κ1) is 21.7. The molecule has 1 aromatic carbocycles. The van der Waals surface area contributed by atoms with E-state index in [0.717, 1.165) is 38.8 Å². The summed E-state index contributed by atoms with van der Waals surface area (Å²) >= 11 is 0. The van der Waals surface area contributed by atoms with Crippen LogP contribution in [-0.4, -0.2) is 54.4 Å². The predicted octanol–water partition coefficient (Wildman–Crippen LogP) is 4.36. The van der Waals surface area contributed by atoms with Gasteiger partial charge in [-0.25, -0.2) is 0 Å². The number of carbonyl (C=O) groups is 2. The molecule has 0 saturated heterocycles. The summed E-state index contributed by atoms with van der Waals surface area (Å²) in [4.78, 5) is 29.8. The lowest BCUT2D eigenvalue weighted by Gasteiger charge is -2.33. The summed E-state index contributed by atoms with van der Waals surface area (Å²) in [6, 6.07) is 7.52. The molecule has 1 aliphatic heterocycles. The van der Waals surface area contributed by atoms with Gasteiger partial charge in [-0.1, -0.05) is 26.0 Å². The van der Waals surface area contributed by atoms with Crippen LogP contribution in [0.3, 0.4) is 0 Å². The Morgan fingerprint density at radius 1 is 1.14 bits per heavy atom. The Hall–Kier alpha value is -2.04. The van der Waals surface area contributed by atoms with Crippen molar-refractivity contribution in [3.63, 3.8) is 0 Å². The van der Waals surface area contributed by atoms with Gasteiger partial charge in [0.15, 0.2) is 0 Å². The van der Waals surface area contributed by atoms with Crippen molar-refractivity contribution in [1.29, 1.82) is 0 Å². The maximum atomic E-state index is 13.1. The van der Waals surface area contributed by atoms with Gasteiger partial charge in [-0.2, -0.15) is 0 Å². The largest absolute Gasteiger partial charge is 0.491 e. The Bertz CT molecular complexity index is 699. The van der Waals surface area contributed by atoms with Crippen LogP contribution in [0.1, 0.15) is 69.2 Å². The fourth-order valence-electron chi connectivity index (χ4n) is 4.10. The molecule has 0 radical (unpaired) electrons. The van der Waals surface area contributed by atoms with Crippen molar-refractivity contribution in [1.82, 2.24) is 9.80 Å². The van der Waals surface area contributed by atoms with Gasteiger partial charge in [0.05, 0.1) is 11.6 Å². The molecule has 5 heteroatoms. The highest BCUT2D eigenvalue weighted by molar-refractivity contribution is 5.96. The first-order chi connectivity index (χ1) is 14.0. The zero-order valence-electron chi connectivity index (χ0n) is 18.2. The normalized spacial score (nSPS) is 21.7. The molecule has 1 aliphatic carbocycles. The first-order valence-corrected chi connectivity index (χ1v) is 11.2. The molecule has 0 bridgehead atoms. The quantitative estimate of drug-likeness (QED) is 0.754. The SMILES string of the molecule is CC(C)C[C@H]1COc2ccccc2C(=O)N(C)CCCCCN1C(=O)CC1CC1. The van der Waals surface area contributed by atoms with Gasteiger partial charge in [0.1, 0.15) is 12.4 Å². The number of ether oxygens (including phenoxy) is 1. The summed E-state index contributed by atoms with van der Waals surface area (Å²) in [6.45, 7) is 6.32. The van der Waals surface area contributed by atoms with Crippen molar-refractivity contribution in [3.05, 3.63) is 29.8 Å². The van der Waals surface area contributed by atoms with E-state index in [4.69, 9.17) is 4.74 Å². The fraction of sp³-hybridized carbons (Fsp3) is 0.667. The molecule has 0 spiro atoms. The molecule has 2 aliphatic rings. The van der Waals surface area contributed by atoms with Gasteiger partial charge in [0.2, 0.25) is 5.91 Å². The Morgan fingerprint density at radius 3 is 2.59 bits per heavy atom. The summed E-state index contributed by atoms with van der Waals surface area (Å²) in [5.41, 5.74) is 0.605. The molecule has 5 nitrogen and oxygen atoms in total. The average molecular weight is 401 g/mol. The molecule has 29 heavy (non-hydrogen) atoms. The van der Waals surface area contributed by atoms with Crippen molar-refractivity contribution in [3.8, 4) is 5.75 Å². The molecule has 0 aromatic heterocycles. The molecule has 160 valence electrons. The number of fused-ring (bicyclic) bond motifs is 1. The lowest BCUT2D eigenvalue weighted by atomic mass is 10.0. The summed E-state index contributed by atoms with van der Waals surface area (Å²) in [7, 11) is 1.85. The predicted molar refractivity (Wildman–Crippen MR) is 115 cm³/mol. The number of para-hydroxylation sites is 1. The second-order valence-corrected chi connectivity index (χ2v) is 9.11. The van der Waals surface area contributed by atoms with Crippen LogP contribution in [0.15, 0.2) is 24.3 Å². The van der Waals surface area contributed by atoms with Crippen LogP contribution in [0.5, 0.6) is 5.75 Å². The van der Waals surface area contributed by atoms with E-state index in [9.17, 15) is 9.59 Å². The number of hydrogen-bond acceptors (Lipinski definition) is 3. The van der Waals surface area contributed by atoms with Crippen LogP contribution in [0.2, 0.25) is 0 Å².